The third kappa shape index (κ3) is 4.92. The summed E-state index contributed by atoms with van der Waals surface area (Å²) in [5.74, 6) is 1.71. The van der Waals surface area contributed by atoms with E-state index in [4.69, 9.17) is 4.74 Å². The Balaban J connectivity index is 1.62. The first-order valence-corrected chi connectivity index (χ1v) is 10.7. The van der Waals surface area contributed by atoms with Crippen LogP contribution < -0.4 is 0 Å². The third-order valence-electron chi connectivity index (χ3n) is 5.45. The van der Waals surface area contributed by atoms with Crippen LogP contribution in [0.5, 0.6) is 0 Å². The number of aryl methyl sites for hydroxylation is 1. The fourth-order valence-corrected chi connectivity index (χ4v) is 4.60. The number of hydrogen-bond donors (Lipinski definition) is 0. The Morgan fingerprint density at radius 1 is 1.33 bits per heavy atom. The van der Waals surface area contributed by atoms with Gasteiger partial charge in [-0.05, 0) is 49.1 Å². The van der Waals surface area contributed by atoms with Gasteiger partial charge in [0.2, 0.25) is 0 Å². The van der Waals surface area contributed by atoms with E-state index in [0.717, 1.165) is 24.1 Å². The van der Waals surface area contributed by atoms with Crippen molar-refractivity contribution in [3.63, 3.8) is 0 Å². The lowest BCUT2D eigenvalue weighted by Crippen LogP contribution is -2.36. The molecule has 1 aromatic carbocycles. The van der Waals surface area contributed by atoms with Crippen molar-refractivity contribution >= 4 is 17.7 Å². The number of nitrogens with zero attached hydrogens (tertiary/aromatic N) is 3. The summed E-state index contributed by atoms with van der Waals surface area (Å²) < 4.78 is 7.81. The molecule has 0 aliphatic heterocycles. The van der Waals surface area contributed by atoms with Gasteiger partial charge in [0, 0.05) is 0 Å². The normalized spacial score (nSPS) is 22.8. The van der Waals surface area contributed by atoms with Crippen molar-refractivity contribution in [1.82, 2.24) is 14.8 Å². The van der Waals surface area contributed by atoms with Crippen molar-refractivity contribution in [1.29, 1.82) is 0 Å². The fourth-order valence-electron chi connectivity index (χ4n) is 3.90. The standard InChI is InChI=1S/C21H29N3O2S/c1-14(2)17-10-9-15(3)11-19(17)26-20(25)12-27-21-23-22-13-24(21)18-8-6-5-7-16(18)4/h5-8,13-15,17,19H,9-12H2,1-4H3/t15-,17-,19-/m1/s1. The number of rotatable bonds is 6. The molecule has 1 aliphatic rings. The monoisotopic (exact) mass is 387 g/mol. The van der Waals surface area contributed by atoms with Crippen LogP contribution in [0.3, 0.4) is 0 Å². The Bertz CT molecular complexity index is 774. The highest BCUT2D eigenvalue weighted by Crippen LogP contribution is 2.35. The summed E-state index contributed by atoms with van der Waals surface area (Å²) >= 11 is 1.38. The number of ether oxygens (including phenoxy) is 1. The second kappa shape index (κ2) is 8.91. The molecule has 146 valence electrons. The van der Waals surface area contributed by atoms with Crippen molar-refractivity contribution in [3.05, 3.63) is 36.2 Å². The van der Waals surface area contributed by atoms with E-state index < -0.39 is 0 Å². The molecule has 3 rings (SSSR count). The SMILES string of the molecule is Cc1ccccc1-n1cnnc1SCC(=O)O[C@@H]1C[C@H](C)CC[C@@H]1C(C)C. The molecule has 0 amide bonds. The lowest BCUT2D eigenvalue weighted by atomic mass is 9.75. The Hall–Kier alpha value is -1.82. The van der Waals surface area contributed by atoms with E-state index in [2.05, 4.69) is 31.0 Å². The molecule has 2 aromatic rings. The maximum Gasteiger partial charge on any atom is 0.316 e. The lowest BCUT2D eigenvalue weighted by Gasteiger charge is -2.36. The molecule has 3 atom stereocenters. The topological polar surface area (TPSA) is 57.0 Å². The van der Waals surface area contributed by atoms with Crippen LogP contribution in [0, 0.1) is 24.7 Å². The Morgan fingerprint density at radius 2 is 2.11 bits per heavy atom. The highest BCUT2D eigenvalue weighted by molar-refractivity contribution is 7.99. The number of esters is 1. The minimum Gasteiger partial charge on any atom is -0.461 e. The largest absolute Gasteiger partial charge is 0.461 e. The van der Waals surface area contributed by atoms with Gasteiger partial charge in [0.25, 0.3) is 0 Å². The van der Waals surface area contributed by atoms with Crippen LogP contribution in [0.25, 0.3) is 5.69 Å². The first-order chi connectivity index (χ1) is 13.0. The number of carbonyl (C=O) groups excluding carboxylic acids is 1. The predicted octanol–water partition coefficient (Wildman–Crippen LogP) is 4.67. The van der Waals surface area contributed by atoms with E-state index in [1.54, 1.807) is 6.33 Å². The molecule has 0 unspecified atom stereocenters. The molecule has 1 saturated carbocycles. The molecule has 0 radical (unpaired) electrons. The first-order valence-electron chi connectivity index (χ1n) is 9.74. The van der Waals surface area contributed by atoms with Gasteiger partial charge < -0.3 is 4.74 Å². The zero-order chi connectivity index (χ0) is 19.4. The van der Waals surface area contributed by atoms with Crippen LogP contribution in [0.4, 0.5) is 0 Å². The summed E-state index contributed by atoms with van der Waals surface area (Å²) in [6.07, 6.45) is 5.07. The van der Waals surface area contributed by atoms with Crippen LogP contribution in [0.15, 0.2) is 35.7 Å². The smallest absolute Gasteiger partial charge is 0.316 e. The quantitative estimate of drug-likeness (QED) is 0.532. The van der Waals surface area contributed by atoms with E-state index in [0.29, 0.717) is 22.9 Å². The molecule has 6 heteroatoms. The molecule has 0 spiro atoms. The summed E-state index contributed by atoms with van der Waals surface area (Å²) in [4.78, 5) is 12.5. The van der Waals surface area contributed by atoms with Crippen molar-refractivity contribution in [2.75, 3.05) is 5.75 Å². The van der Waals surface area contributed by atoms with Crippen molar-refractivity contribution < 1.29 is 9.53 Å². The molecule has 1 fully saturated rings. The minimum atomic E-state index is -0.163. The zero-order valence-corrected chi connectivity index (χ0v) is 17.4. The predicted molar refractivity (Wildman–Crippen MR) is 108 cm³/mol. The summed E-state index contributed by atoms with van der Waals surface area (Å²) in [6.45, 7) is 8.74. The highest BCUT2D eigenvalue weighted by atomic mass is 32.2. The Labute approximate surface area is 165 Å². The summed E-state index contributed by atoms with van der Waals surface area (Å²) in [5.41, 5.74) is 2.16. The van der Waals surface area contributed by atoms with Crippen molar-refractivity contribution in [2.24, 2.45) is 17.8 Å². The van der Waals surface area contributed by atoms with Gasteiger partial charge in [-0.3, -0.25) is 9.36 Å². The van der Waals surface area contributed by atoms with Crippen LogP contribution in [0.1, 0.15) is 45.6 Å². The number of aromatic nitrogens is 3. The molecule has 1 heterocycles. The highest BCUT2D eigenvalue weighted by Gasteiger charge is 2.33. The van der Waals surface area contributed by atoms with Gasteiger partial charge in [0.1, 0.15) is 12.4 Å². The van der Waals surface area contributed by atoms with E-state index in [1.807, 2.05) is 35.8 Å². The van der Waals surface area contributed by atoms with Crippen LogP contribution in [0.2, 0.25) is 0 Å². The average molecular weight is 388 g/mol. The van der Waals surface area contributed by atoms with Crippen molar-refractivity contribution in [3.8, 4) is 5.69 Å². The molecule has 1 aliphatic carbocycles. The van der Waals surface area contributed by atoms with Crippen LogP contribution in [-0.2, 0) is 9.53 Å². The second-order valence-corrected chi connectivity index (χ2v) is 8.86. The van der Waals surface area contributed by atoms with Gasteiger partial charge in [0.05, 0.1) is 11.4 Å². The molecule has 0 bridgehead atoms. The first kappa shape index (κ1) is 19.9. The molecular formula is C21H29N3O2S. The zero-order valence-electron chi connectivity index (χ0n) is 16.6. The summed E-state index contributed by atoms with van der Waals surface area (Å²) in [6, 6.07) is 8.07. The fraction of sp³-hybridized carbons (Fsp3) is 0.571. The Kier molecular flexibility index (Phi) is 6.58. The van der Waals surface area contributed by atoms with E-state index in [1.165, 1.54) is 18.2 Å². The van der Waals surface area contributed by atoms with Gasteiger partial charge in [-0.2, -0.15) is 0 Å². The Morgan fingerprint density at radius 3 is 2.85 bits per heavy atom. The molecule has 1 aromatic heterocycles. The third-order valence-corrected chi connectivity index (χ3v) is 6.37. The number of benzene rings is 1. The molecular weight excluding hydrogens is 358 g/mol. The van der Waals surface area contributed by atoms with Crippen LogP contribution in [-0.4, -0.2) is 32.6 Å². The molecule has 0 N–H and O–H groups in total. The molecule has 27 heavy (non-hydrogen) atoms. The maximum absolute atomic E-state index is 12.5. The van der Waals surface area contributed by atoms with Gasteiger partial charge in [-0.15, -0.1) is 10.2 Å². The van der Waals surface area contributed by atoms with Gasteiger partial charge in [0.15, 0.2) is 5.16 Å². The molecule has 0 saturated heterocycles. The van der Waals surface area contributed by atoms with E-state index in [9.17, 15) is 4.79 Å². The lowest BCUT2D eigenvalue weighted by molar-refractivity contribution is -0.152. The van der Waals surface area contributed by atoms with Crippen LogP contribution >= 0.6 is 11.8 Å². The van der Waals surface area contributed by atoms with Gasteiger partial charge in [-0.25, -0.2) is 0 Å². The van der Waals surface area contributed by atoms with E-state index >= 15 is 0 Å². The number of thioether (sulfide) groups is 1. The van der Waals surface area contributed by atoms with Gasteiger partial charge >= 0.3 is 5.97 Å². The summed E-state index contributed by atoms with van der Waals surface area (Å²) in [7, 11) is 0. The number of hydrogen-bond acceptors (Lipinski definition) is 5. The summed E-state index contributed by atoms with van der Waals surface area (Å²) in [5, 5.41) is 8.90. The maximum atomic E-state index is 12.5. The average Bonchev–Trinajstić information content (AvgIpc) is 3.08. The second-order valence-electron chi connectivity index (χ2n) is 7.91. The van der Waals surface area contributed by atoms with Crippen molar-refractivity contribution in [2.45, 2.75) is 58.2 Å². The number of carbonyl (C=O) groups is 1. The molecule has 5 nitrogen and oxygen atoms in total. The minimum absolute atomic E-state index is 0.0380. The van der Waals surface area contributed by atoms with E-state index in [-0.39, 0.29) is 17.8 Å². The van der Waals surface area contributed by atoms with Gasteiger partial charge in [-0.1, -0.05) is 57.2 Å². The number of para-hydroxylation sites is 1.